The number of alkyl halides is 1. The van der Waals surface area contributed by atoms with Crippen LogP contribution in [0.1, 0.15) is 33.4 Å². The summed E-state index contributed by atoms with van der Waals surface area (Å²) in [6, 6.07) is 2.33. The molecule has 5 nitrogen and oxygen atoms in total. The summed E-state index contributed by atoms with van der Waals surface area (Å²) in [5.74, 6) is -2.70. The second kappa shape index (κ2) is 6.77. The van der Waals surface area contributed by atoms with Crippen LogP contribution in [0.15, 0.2) is 16.7 Å². The van der Waals surface area contributed by atoms with Gasteiger partial charge in [0.05, 0.1) is 0 Å². The van der Waals surface area contributed by atoms with Crippen molar-refractivity contribution in [1.29, 1.82) is 0 Å². The predicted octanol–water partition coefficient (Wildman–Crippen LogP) is 2.67. The third kappa shape index (κ3) is 4.15. The monoisotopic (exact) mass is 398 g/mol. The van der Waals surface area contributed by atoms with Crippen LogP contribution in [0.3, 0.4) is 0 Å². The minimum absolute atomic E-state index is 0.205. The number of hydrogen-bond acceptors (Lipinski definition) is 4. The topological polar surface area (TPSA) is 85.3 Å². The highest BCUT2D eigenvalue weighted by atomic mass is 79.9. The van der Waals surface area contributed by atoms with Gasteiger partial charge in [-0.05, 0) is 55.8 Å². The van der Waals surface area contributed by atoms with Gasteiger partial charge in [0.1, 0.15) is 26.4 Å². The predicted molar refractivity (Wildman–Crippen MR) is 82.8 cm³/mol. The van der Waals surface area contributed by atoms with E-state index in [0.717, 1.165) is 13.0 Å². The number of carboxylic acid groups (broad SMARTS) is 1. The molecular weight excluding hydrogens is 382 g/mol. The van der Waals surface area contributed by atoms with Crippen molar-refractivity contribution in [3.05, 3.63) is 28.2 Å². The van der Waals surface area contributed by atoms with E-state index < -0.39 is 45.3 Å². The molecule has 0 fully saturated rings. The largest absolute Gasteiger partial charge is 0.598 e. The molecule has 1 heterocycles. The zero-order valence-corrected chi connectivity index (χ0v) is 14.9. The van der Waals surface area contributed by atoms with Crippen LogP contribution in [0.4, 0.5) is 8.78 Å². The maximum Gasteiger partial charge on any atom is 0.340 e. The van der Waals surface area contributed by atoms with Crippen LogP contribution < -0.4 is 4.72 Å². The Labute approximate surface area is 139 Å². The van der Waals surface area contributed by atoms with Crippen molar-refractivity contribution < 1.29 is 23.2 Å². The highest BCUT2D eigenvalue weighted by Gasteiger charge is 2.49. The zero-order valence-electron chi connectivity index (χ0n) is 12.5. The second-order valence-electron chi connectivity index (χ2n) is 5.85. The summed E-state index contributed by atoms with van der Waals surface area (Å²) >= 11 is 1.19. The molecule has 1 aromatic rings. The molecule has 3 atom stereocenters. The average Bonchev–Trinajstić information content (AvgIpc) is 2.39. The van der Waals surface area contributed by atoms with Gasteiger partial charge in [0.2, 0.25) is 6.17 Å². The van der Waals surface area contributed by atoms with Crippen molar-refractivity contribution in [2.24, 2.45) is 0 Å². The molecule has 0 aromatic carbocycles. The highest BCUT2D eigenvalue weighted by molar-refractivity contribution is 9.10. The lowest BCUT2D eigenvalue weighted by atomic mass is 9.92. The highest BCUT2D eigenvalue weighted by Crippen LogP contribution is 2.32. The van der Waals surface area contributed by atoms with E-state index in [1.165, 1.54) is 6.07 Å². The molecule has 0 aliphatic rings. The molecule has 0 radical (unpaired) electrons. The molecule has 124 valence electrons. The van der Waals surface area contributed by atoms with Gasteiger partial charge in [-0.15, -0.1) is 4.72 Å². The number of nitrogens with one attached hydrogen (secondary N) is 1. The Morgan fingerprint density at radius 1 is 1.45 bits per heavy atom. The first-order valence-electron chi connectivity index (χ1n) is 6.28. The number of pyridine rings is 1. The summed E-state index contributed by atoms with van der Waals surface area (Å²) < 4.78 is 42.4. The summed E-state index contributed by atoms with van der Waals surface area (Å²) in [6.07, 6.45) is -2.55. The van der Waals surface area contributed by atoms with Gasteiger partial charge in [-0.1, -0.05) is 0 Å². The number of carboxylic acids is 1. The van der Waals surface area contributed by atoms with Gasteiger partial charge in [0, 0.05) is 11.4 Å². The van der Waals surface area contributed by atoms with Crippen molar-refractivity contribution >= 4 is 33.3 Å². The molecule has 0 amide bonds. The van der Waals surface area contributed by atoms with Crippen LogP contribution in [-0.2, 0) is 21.7 Å². The van der Waals surface area contributed by atoms with Gasteiger partial charge in [-0.3, -0.25) is 0 Å². The normalized spacial score (nSPS) is 17.6. The van der Waals surface area contributed by atoms with Gasteiger partial charge in [0.25, 0.3) is 0 Å². The van der Waals surface area contributed by atoms with Crippen LogP contribution in [-0.4, -0.2) is 31.5 Å². The molecule has 3 unspecified atom stereocenters. The van der Waals surface area contributed by atoms with Gasteiger partial charge < -0.3 is 9.66 Å². The fourth-order valence-corrected chi connectivity index (χ4v) is 2.80. The van der Waals surface area contributed by atoms with E-state index >= 15 is 0 Å². The van der Waals surface area contributed by atoms with Crippen molar-refractivity contribution in [3.8, 4) is 0 Å². The Kier molecular flexibility index (Phi) is 5.94. The van der Waals surface area contributed by atoms with Crippen LogP contribution in [0.25, 0.3) is 0 Å². The average molecular weight is 399 g/mol. The minimum atomic E-state index is -2.55. The number of aliphatic carboxylic acids is 1. The number of aromatic nitrogens is 1. The summed E-state index contributed by atoms with van der Waals surface area (Å²) in [6.45, 7) is 5.98. The Bertz CT molecular complexity index is 571. The van der Waals surface area contributed by atoms with Crippen molar-refractivity contribution in [3.63, 3.8) is 0 Å². The molecule has 0 aliphatic carbocycles. The minimum Gasteiger partial charge on any atom is -0.598 e. The summed E-state index contributed by atoms with van der Waals surface area (Å²) in [5, 5.41) is 8.98. The van der Waals surface area contributed by atoms with Crippen molar-refractivity contribution in [2.75, 3.05) is 0 Å². The first kappa shape index (κ1) is 19.3. The third-order valence-electron chi connectivity index (χ3n) is 2.89. The summed E-state index contributed by atoms with van der Waals surface area (Å²) in [5.41, 5.74) is -2.56. The molecule has 1 rings (SSSR count). The number of carbonyl (C=O) groups is 1. The van der Waals surface area contributed by atoms with E-state index in [0.29, 0.717) is 0 Å². The van der Waals surface area contributed by atoms with E-state index in [1.807, 2.05) is 0 Å². The Morgan fingerprint density at radius 3 is 2.45 bits per heavy atom. The molecule has 0 aliphatic heterocycles. The van der Waals surface area contributed by atoms with Gasteiger partial charge in [0.15, 0.2) is 0 Å². The van der Waals surface area contributed by atoms with Gasteiger partial charge >= 0.3 is 5.97 Å². The zero-order chi connectivity index (χ0) is 17.3. The summed E-state index contributed by atoms with van der Waals surface area (Å²) in [7, 11) is 0. The number of halogens is 3. The van der Waals surface area contributed by atoms with Crippen molar-refractivity contribution in [2.45, 2.75) is 44.2 Å². The smallest absolute Gasteiger partial charge is 0.340 e. The van der Waals surface area contributed by atoms with E-state index in [-0.39, 0.29) is 4.60 Å². The molecule has 2 N–H and O–H groups in total. The lowest BCUT2D eigenvalue weighted by molar-refractivity contribution is -0.145. The molecule has 0 saturated carbocycles. The maximum absolute atomic E-state index is 14.3. The number of nitrogens with zero attached hydrogens (tertiary/aromatic N) is 1. The SMILES string of the molecule is CC(N[S+]([O-])C(C)(C)C)(c1nc(Br)ccc1F)C(F)C(=O)O. The lowest BCUT2D eigenvalue weighted by Crippen LogP contribution is -2.57. The molecule has 0 bridgehead atoms. The second-order valence-corrected chi connectivity index (χ2v) is 8.63. The fraction of sp³-hybridized carbons (Fsp3) is 0.538. The first-order valence-corrected chi connectivity index (χ1v) is 8.23. The van der Waals surface area contributed by atoms with E-state index in [2.05, 4.69) is 25.6 Å². The van der Waals surface area contributed by atoms with Crippen LogP contribution in [0.5, 0.6) is 0 Å². The molecule has 0 spiro atoms. The van der Waals surface area contributed by atoms with Gasteiger partial charge in [-0.25, -0.2) is 18.6 Å². The molecule has 22 heavy (non-hydrogen) atoms. The quantitative estimate of drug-likeness (QED) is 0.588. The van der Waals surface area contributed by atoms with E-state index in [1.54, 1.807) is 20.8 Å². The Morgan fingerprint density at radius 2 is 2.00 bits per heavy atom. The molecule has 9 heteroatoms. The maximum atomic E-state index is 14.3. The van der Waals surface area contributed by atoms with Crippen LogP contribution >= 0.6 is 15.9 Å². The van der Waals surface area contributed by atoms with Crippen molar-refractivity contribution in [1.82, 2.24) is 9.71 Å². The first-order chi connectivity index (χ1) is 9.89. The lowest BCUT2D eigenvalue weighted by Gasteiger charge is -2.35. The number of hydrogen-bond donors (Lipinski definition) is 2. The van der Waals surface area contributed by atoms with Crippen LogP contribution in [0, 0.1) is 5.82 Å². The summed E-state index contributed by atoms with van der Waals surface area (Å²) in [4.78, 5) is 14.9. The third-order valence-corrected chi connectivity index (χ3v) is 5.05. The standard InChI is InChI=1S/C13H17BrF2N2O3S/c1-12(2,3)22(21)18-13(4,9(16)11(19)20)10-7(15)5-6-8(14)17-10/h5-6,9,18H,1-4H3,(H,19,20). The molecule has 1 aromatic heterocycles. The number of rotatable bonds is 5. The van der Waals surface area contributed by atoms with E-state index in [9.17, 15) is 18.1 Å². The van der Waals surface area contributed by atoms with Crippen LogP contribution in [0.2, 0.25) is 0 Å². The molecular formula is C13H17BrF2N2O3S. The fourth-order valence-electron chi connectivity index (χ4n) is 1.60. The molecule has 0 saturated heterocycles. The van der Waals surface area contributed by atoms with Gasteiger partial charge in [-0.2, -0.15) is 0 Å². The Hall–Kier alpha value is -0.770. The van der Waals surface area contributed by atoms with E-state index in [4.69, 9.17) is 5.11 Å². The Balaban J connectivity index is 3.40.